The first-order valence-corrected chi connectivity index (χ1v) is 6.19. The van der Waals surface area contributed by atoms with Gasteiger partial charge in [0.1, 0.15) is 5.76 Å². The molecule has 1 aromatic carbocycles. The molecule has 0 radical (unpaired) electrons. The molecule has 3 heteroatoms. The number of aryl methyl sites for hydroxylation is 2. The van der Waals surface area contributed by atoms with E-state index in [0.717, 1.165) is 22.6 Å². The van der Waals surface area contributed by atoms with Gasteiger partial charge in [0.05, 0.1) is 6.20 Å². The van der Waals surface area contributed by atoms with Gasteiger partial charge in [0.15, 0.2) is 0 Å². The summed E-state index contributed by atoms with van der Waals surface area (Å²) in [7, 11) is 0. The molecule has 2 heterocycles. The van der Waals surface area contributed by atoms with Crippen molar-refractivity contribution in [2.45, 2.75) is 13.8 Å². The lowest BCUT2D eigenvalue weighted by Gasteiger charge is -2.05. The number of pyridine rings is 1. The Morgan fingerprint density at radius 1 is 0.947 bits per heavy atom. The number of aromatic nitrogens is 2. The molecule has 0 aliphatic rings. The zero-order valence-electron chi connectivity index (χ0n) is 10.9. The van der Waals surface area contributed by atoms with Gasteiger partial charge < -0.3 is 4.52 Å². The summed E-state index contributed by atoms with van der Waals surface area (Å²) in [4.78, 5) is 4.23. The van der Waals surface area contributed by atoms with Crippen molar-refractivity contribution in [1.29, 1.82) is 0 Å². The van der Waals surface area contributed by atoms with Gasteiger partial charge in [-0.1, -0.05) is 23.4 Å². The molecule has 3 aromatic rings. The maximum absolute atomic E-state index is 5.12. The lowest BCUT2D eigenvalue weighted by Crippen LogP contribution is -1.84. The smallest absolute Gasteiger partial charge is 0.141 e. The summed E-state index contributed by atoms with van der Waals surface area (Å²) in [5.41, 5.74) is 5.51. The Balaban J connectivity index is 2.08. The van der Waals surface area contributed by atoms with Crippen molar-refractivity contribution in [2.24, 2.45) is 0 Å². The van der Waals surface area contributed by atoms with Crippen LogP contribution in [-0.2, 0) is 0 Å². The summed E-state index contributed by atoms with van der Waals surface area (Å²) in [6.45, 7) is 3.92. The highest BCUT2D eigenvalue weighted by Gasteiger charge is 2.07. The number of hydrogen-bond acceptors (Lipinski definition) is 3. The van der Waals surface area contributed by atoms with Gasteiger partial charge >= 0.3 is 0 Å². The molecule has 2 aromatic heterocycles. The monoisotopic (exact) mass is 250 g/mol. The highest BCUT2D eigenvalue weighted by molar-refractivity contribution is 5.73. The fourth-order valence-electron chi connectivity index (χ4n) is 2.17. The Morgan fingerprint density at radius 2 is 1.74 bits per heavy atom. The predicted octanol–water partition coefficient (Wildman–Crippen LogP) is 4.02. The molecule has 0 fully saturated rings. The summed E-state index contributed by atoms with van der Waals surface area (Å²) >= 11 is 0. The summed E-state index contributed by atoms with van der Waals surface area (Å²) in [6.07, 6.45) is 3.59. The molecule has 0 saturated carbocycles. The van der Waals surface area contributed by atoms with Gasteiger partial charge in [0.2, 0.25) is 0 Å². The second kappa shape index (κ2) is 4.69. The molecule has 3 rings (SSSR count). The van der Waals surface area contributed by atoms with Gasteiger partial charge in [-0.05, 0) is 48.7 Å². The van der Waals surface area contributed by atoms with Crippen LogP contribution in [0.5, 0.6) is 0 Å². The van der Waals surface area contributed by atoms with Crippen LogP contribution in [-0.4, -0.2) is 10.1 Å². The van der Waals surface area contributed by atoms with Crippen LogP contribution in [0.4, 0.5) is 0 Å². The zero-order valence-corrected chi connectivity index (χ0v) is 10.9. The first-order valence-electron chi connectivity index (χ1n) is 6.19. The van der Waals surface area contributed by atoms with Crippen LogP contribution in [0, 0.1) is 13.8 Å². The first kappa shape index (κ1) is 11.7. The van der Waals surface area contributed by atoms with Gasteiger partial charge in [-0.15, -0.1) is 0 Å². The second-order valence-electron chi connectivity index (χ2n) is 4.56. The van der Waals surface area contributed by atoms with Crippen LogP contribution in [0.15, 0.2) is 53.3 Å². The number of hydrogen-bond donors (Lipinski definition) is 0. The average Bonchev–Trinajstić information content (AvgIpc) is 2.85. The van der Waals surface area contributed by atoms with E-state index >= 15 is 0 Å². The first-order chi connectivity index (χ1) is 9.24. The van der Waals surface area contributed by atoms with Crippen molar-refractivity contribution in [3.05, 3.63) is 60.2 Å². The third-order valence-corrected chi connectivity index (χ3v) is 3.15. The number of benzene rings is 1. The standard InChI is InChI=1S/C16H14N2O/c1-11-8-14(6-7-17-11)13-4-3-5-15(9-13)16-10-18-19-12(16)2/h3-10H,1-2H3. The Bertz CT molecular complexity index is 716. The lowest BCUT2D eigenvalue weighted by atomic mass is 10.00. The minimum atomic E-state index is 0.836. The van der Waals surface area contributed by atoms with Crippen molar-refractivity contribution in [3.8, 4) is 22.3 Å². The third kappa shape index (κ3) is 2.27. The molecule has 0 unspecified atom stereocenters. The van der Waals surface area contributed by atoms with E-state index in [4.69, 9.17) is 4.52 Å². The van der Waals surface area contributed by atoms with Crippen LogP contribution in [0.1, 0.15) is 11.5 Å². The maximum Gasteiger partial charge on any atom is 0.141 e. The lowest BCUT2D eigenvalue weighted by molar-refractivity contribution is 0.398. The number of nitrogens with zero attached hydrogens (tertiary/aromatic N) is 2. The zero-order chi connectivity index (χ0) is 13.2. The van der Waals surface area contributed by atoms with Gasteiger partial charge in [-0.3, -0.25) is 4.98 Å². The van der Waals surface area contributed by atoms with Crippen LogP contribution in [0.25, 0.3) is 22.3 Å². The highest BCUT2D eigenvalue weighted by atomic mass is 16.5. The van der Waals surface area contributed by atoms with Crippen LogP contribution < -0.4 is 0 Å². The molecule has 0 spiro atoms. The summed E-state index contributed by atoms with van der Waals surface area (Å²) in [6, 6.07) is 12.5. The highest BCUT2D eigenvalue weighted by Crippen LogP contribution is 2.28. The molecule has 3 nitrogen and oxygen atoms in total. The van der Waals surface area contributed by atoms with Gasteiger partial charge in [0, 0.05) is 17.5 Å². The van der Waals surface area contributed by atoms with E-state index in [1.807, 2.05) is 32.2 Å². The molecular weight excluding hydrogens is 236 g/mol. The second-order valence-corrected chi connectivity index (χ2v) is 4.56. The minimum Gasteiger partial charge on any atom is -0.361 e. The molecule has 0 atom stereocenters. The third-order valence-electron chi connectivity index (χ3n) is 3.15. The van der Waals surface area contributed by atoms with Crippen molar-refractivity contribution < 1.29 is 4.52 Å². The summed E-state index contributed by atoms with van der Waals surface area (Å²) in [5, 5.41) is 3.83. The van der Waals surface area contributed by atoms with Crippen LogP contribution in [0.2, 0.25) is 0 Å². The van der Waals surface area contributed by atoms with Crippen molar-refractivity contribution in [2.75, 3.05) is 0 Å². The number of rotatable bonds is 2. The average molecular weight is 250 g/mol. The molecule has 0 N–H and O–H groups in total. The van der Waals surface area contributed by atoms with E-state index in [9.17, 15) is 0 Å². The van der Waals surface area contributed by atoms with Gasteiger partial charge in [0.25, 0.3) is 0 Å². The van der Waals surface area contributed by atoms with E-state index in [2.05, 4.69) is 34.4 Å². The minimum absolute atomic E-state index is 0.836. The fourth-order valence-corrected chi connectivity index (χ4v) is 2.17. The van der Waals surface area contributed by atoms with E-state index in [1.54, 1.807) is 6.20 Å². The molecule has 19 heavy (non-hydrogen) atoms. The summed E-state index contributed by atoms with van der Waals surface area (Å²) in [5.74, 6) is 0.836. The molecule has 0 saturated heterocycles. The topological polar surface area (TPSA) is 38.9 Å². The van der Waals surface area contributed by atoms with E-state index in [-0.39, 0.29) is 0 Å². The molecular formula is C16H14N2O. The van der Waals surface area contributed by atoms with E-state index in [1.165, 1.54) is 11.1 Å². The molecule has 0 amide bonds. The molecule has 0 bridgehead atoms. The maximum atomic E-state index is 5.12. The summed E-state index contributed by atoms with van der Waals surface area (Å²) < 4.78 is 5.12. The van der Waals surface area contributed by atoms with Gasteiger partial charge in [-0.25, -0.2) is 0 Å². The SMILES string of the molecule is Cc1cc(-c2cccc(-c3cnoc3C)c2)ccn1. The Kier molecular flexibility index (Phi) is 2.88. The molecule has 94 valence electrons. The Morgan fingerprint density at radius 3 is 2.47 bits per heavy atom. The fraction of sp³-hybridized carbons (Fsp3) is 0.125. The molecule has 0 aliphatic heterocycles. The van der Waals surface area contributed by atoms with Crippen molar-refractivity contribution in [3.63, 3.8) is 0 Å². The van der Waals surface area contributed by atoms with Crippen LogP contribution in [0.3, 0.4) is 0 Å². The van der Waals surface area contributed by atoms with E-state index in [0.29, 0.717) is 0 Å². The quantitative estimate of drug-likeness (QED) is 0.689. The Hall–Kier alpha value is -2.42. The van der Waals surface area contributed by atoms with Crippen LogP contribution >= 0.6 is 0 Å². The van der Waals surface area contributed by atoms with E-state index < -0.39 is 0 Å². The molecule has 0 aliphatic carbocycles. The van der Waals surface area contributed by atoms with Crippen molar-refractivity contribution >= 4 is 0 Å². The predicted molar refractivity (Wildman–Crippen MR) is 74.6 cm³/mol. The van der Waals surface area contributed by atoms with Crippen molar-refractivity contribution in [1.82, 2.24) is 10.1 Å². The van der Waals surface area contributed by atoms with Gasteiger partial charge in [-0.2, -0.15) is 0 Å². The largest absolute Gasteiger partial charge is 0.361 e. The normalized spacial score (nSPS) is 10.6. The Labute approximate surface area is 111 Å².